The van der Waals surface area contributed by atoms with Gasteiger partial charge in [-0.1, -0.05) is 0 Å². The molecule has 27 heavy (non-hydrogen) atoms. The number of amides is 2. The van der Waals surface area contributed by atoms with Crippen LogP contribution in [0.3, 0.4) is 0 Å². The predicted octanol–water partition coefficient (Wildman–Crippen LogP) is 2.10. The van der Waals surface area contributed by atoms with E-state index in [4.69, 9.17) is 9.47 Å². The Kier molecular flexibility index (Phi) is 5.63. The summed E-state index contributed by atoms with van der Waals surface area (Å²) in [7, 11) is 1.62. The van der Waals surface area contributed by atoms with Gasteiger partial charge in [-0.15, -0.1) is 0 Å². The second-order valence-electron chi connectivity index (χ2n) is 6.26. The van der Waals surface area contributed by atoms with Gasteiger partial charge in [0, 0.05) is 31.9 Å². The molecular weight excluding hydrogens is 348 g/mol. The first kappa shape index (κ1) is 18.8. The van der Waals surface area contributed by atoms with E-state index >= 15 is 0 Å². The van der Waals surface area contributed by atoms with Crippen LogP contribution in [0.5, 0.6) is 5.75 Å². The Bertz CT molecular complexity index is 808. The van der Waals surface area contributed by atoms with Crippen LogP contribution in [0.4, 0.5) is 4.79 Å². The van der Waals surface area contributed by atoms with Crippen molar-refractivity contribution in [3.05, 3.63) is 41.7 Å². The van der Waals surface area contributed by atoms with Crippen molar-refractivity contribution >= 4 is 12.0 Å². The molecule has 1 saturated heterocycles. The summed E-state index contributed by atoms with van der Waals surface area (Å²) in [4.78, 5) is 27.9. The lowest BCUT2D eigenvalue weighted by Gasteiger charge is -2.33. The smallest absolute Gasteiger partial charge is 0.409 e. The van der Waals surface area contributed by atoms with Crippen LogP contribution in [0.15, 0.2) is 30.3 Å². The highest BCUT2D eigenvalue weighted by molar-refractivity contribution is 5.92. The SMILES string of the molecule is CCOC(=O)N1CCN(C(=O)c2cc(C)n(-c3ccc(OC)cc3)n2)CC1. The maximum atomic E-state index is 12.8. The minimum atomic E-state index is -0.329. The fourth-order valence-electron chi connectivity index (χ4n) is 3.03. The first-order valence-corrected chi connectivity index (χ1v) is 8.95. The van der Waals surface area contributed by atoms with Gasteiger partial charge in [-0.2, -0.15) is 5.10 Å². The van der Waals surface area contributed by atoms with E-state index in [0.717, 1.165) is 17.1 Å². The second-order valence-corrected chi connectivity index (χ2v) is 6.26. The number of carbonyl (C=O) groups is 2. The van der Waals surface area contributed by atoms with Crippen molar-refractivity contribution < 1.29 is 19.1 Å². The van der Waals surface area contributed by atoms with E-state index in [9.17, 15) is 9.59 Å². The molecule has 0 saturated carbocycles. The van der Waals surface area contributed by atoms with Crippen LogP contribution in [0.1, 0.15) is 23.1 Å². The van der Waals surface area contributed by atoms with E-state index < -0.39 is 0 Å². The van der Waals surface area contributed by atoms with Gasteiger partial charge >= 0.3 is 6.09 Å². The van der Waals surface area contributed by atoms with E-state index in [2.05, 4.69) is 5.10 Å². The third kappa shape index (κ3) is 4.05. The number of methoxy groups -OCH3 is 1. The number of benzene rings is 1. The molecule has 0 atom stereocenters. The standard InChI is InChI=1S/C19H24N4O4/c1-4-27-19(25)22-11-9-21(10-12-22)18(24)17-13-14(2)23(20-17)15-5-7-16(26-3)8-6-15/h5-8,13H,4,9-12H2,1-3H3. The minimum absolute atomic E-state index is 0.131. The van der Waals surface area contributed by atoms with Crippen molar-refractivity contribution in [1.82, 2.24) is 19.6 Å². The highest BCUT2D eigenvalue weighted by atomic mass is 16.6. The van der Waals surface area contributed by atoms with Crippen LogP contribution in [0.2, 0.25) is 0 Å². The van der Waals surface area contributed by atoms with Crippen LogP contribution in [0.25, 0.3) is 5.69 Å². The molecule has 8 heteroatoms. The van der Waals surface area contributed by atoms with Gasteiger partial charge in [0.05, 0.1) is 19.4 Å². The van der Waals surface area contributed by atoms with Gasteiger partial charge in [0.2, 0.25) is 0 Å². The normalized spacial score (nSPS) is 14.2. The summed E-state index contributed by atoms with van der Waals surface area (Å²) in [6.07, 6.45) is -0.329. The number of hydrogen-bond acceptors (Lipinski definition) is 5. The molecule has 8 nitrogen and oxygen atoms in total. The van der Waals surface area contributed by atoms with E-state index in [1.165, 1.54) is 0 Å². The number of piperazine rings is 1. The summed E-state index contributed by atoms with van der Waals surface area (Å²) in [6.45, 7) is 5.88. The molecule has 0 N–H and O–H groups in total. The van der Waals surface area contributed by atoms with Crippen molar-refractivity contribution in [3.8, 4) is 11.4 Å². The number of hydrogen-bond donors (Lipinski definition) is 0. The van der Waals surface area contributed by atoms with Gasteiger partial charge in [-0.25, -0.2) is 9.48 Å². The topological polar surface area (TPSA) is 76.9 Å². The quantitative estimate of drug-likeness (QED) is 0.821. The van der Waals surface area contributed by atoms with Gasteiger partial charge in [-0.05, 0) is 44.2 Å². The number of ether oxygens (including phenoxy) is 2. The fourth-order valence-corrected chi connectivity index (χ4v) is 3.03. The van der Waals surface area contributed by atoms with Gasteiger partial charge in [0.1, 0.15) is 5.75 Å². The molecule has 1 aliphatic heterocycles. The van der Waals surface area contributed by atoms with Crippen LogP contribution >= 0.6 is 0 Å². The average Bonchev–Trinajstić information content (AvgIpc) is 3.09. The molecule has 0 radical (unpaired) electrons. The average molecular weight is 372 g/mol. The lowest BCUT2D eigenvalue weighted by molar-refractivity contribution is 0.0565. The Labute approximate surface area is 158 Å². The largest absolute Gasteiger partial charge is 0.497 e. The Balaban J connectivity index is 1.68. The molecule has 0 unspecified atom stereocenters. The molecule has 0 spiro atoms. The molecule has 1 aromatic heterocycles. The zero-order chi connectivity index (χ0) is 19.4. The van der Waals surface area contributed by atoms with E-state index in [-0.39, 0.29) is 12.0 Å². The van der Waals surface area contributed by atoms with Crippen LogP contribution in [-0.2, 0) is 4.74 Å². The second kappa shape index (κ2) is 8.11. The number of carbonyl (C=O) groups excluding carboxylic acids is 2. The van der Waals surface area contributed by atoms with Gasteiger partial charge in [0.15, 0.2) is 5.69 Å². The molecule has 2 heterocycles. The van der Waals surface area contributed by atoms with Crippen molar-refractivity contribution in [2.75, 3.05) is 39.9 Å². The molecule has 1 aliphatic rings. The number of aromatic nitrogens is 2. The summed E-state index contributed by atoms with van der Waals surface area (Å²) in [6, 6.07) is 9.28. The first-order chi connectivity index (χ1) is 13.0. The van der Waals surface area contributed by atoms with Crippen molar-refractivity contribution in [1.29, 1.82) is 0 Å². The third-order valence-electron chi connectivity index (χ3n) is 4.52. The molecular formula is C19H24N4O4. The fraction of sp³-hybridized carbons (Fsp3) is 0.421. The lowest BCUT2D eigenvalue weighted by Crippen LogP contribution is -2.50. The summed E-state index contributed by atoms with van der Waals surface area (Å²) >= 11 is 0. The number of aryl methyl sites for hydroxylation is 1. The van der Waals surface area contributed by atoms with Crippen LogP contribution < -0.4 is 4.74 Å². The lowest BCUT2D eigenvalue weighted by atomic mass is 10.2. The third-order valence-corrected chi connectivity index (χ3v) is 4.52. The maximum absolute atomic E-state index is 12.8. The Morgan fingerprint density at radius 3 is 2.30 bits per heavy atom. The highest BCUT2D eigenvalue weighted by Crippen LogP contribution is 2.18. The Hall–Kier alpha value is -3.03. The zero-order valence-electron chi connectivity index (χ0n) is 15.8. The first-order valence-electron chi connectivity index (χ1n) is 8.95. The molecule has 0 aliphatic carbocycles. The van der Waals surface area contributed by atoms with Crippen molar-refractivity contribution in [2.24, 2.45) is 0 Å². The van der Waals surface area contributed by atoms with E-state index in [0.29, 0.717) is 38.5 Å². The summed E-state index contributed by atoms with van der Waals surface area (Å²) < 4.78 is 11.9. The molecule has 2 aromatic rings. The number of rotatable bonds is 4. The maximum Gasteiger partial charge on any atom is 0.409 e. The predicted molar refractivity (Wildman–Crippen MR) is 99.4 cm³/mol. The highest BCUT2D eigenvalue weighted by Gasteiger charge is 2.27. The Morgan fingerprint density at radius 2 is 1.70 bits per heavy atom. The van der Waals surface area contributed by atoms with E-state index in [1.54, 1.807) is 34.6 Å². The van der Waals surface area contributed by atoms with Crippen molar-refractivity contribution in [3.63, 3.8) is 0 Å². The number of nitrogens with zero attached hydrogens (tertiary/aromatic N) is 4. The van der Waals surface area contributed by atoms with Crippen LogP contribution in [0, 0.1) is 6.92 Å². The van der Waals surface area contributed by atoms with Gasteiger partial charge in [-0.3, -0.25) is 4.79 Å². The van der Waals surface area contributed by atoms with Gasteiger partial charge in [0.25, 0.3) is 5.91 Å². The molecule has 3 rings (SSSR count). The Morgan fingerprint density at radius 1 is 1.07 bits per heavy atom. The summed E-state index contributed by atoms with van der Waals surface area (Å²) in [5.74, 6) is 0.633. The van der Waals surface area contributed by atoms with Crippen LogP contribution in [-0.4, -0.2) is 71.5 Å². The van der Waals surface area contributed by atoms with Gasteiger partial charge < -0.3 is 19.3 Å². The van der Waals surface area contributed by atoms with E-state index in [1.807, 2.05) is 31.2 Å². The zero-order valence-corrected chi connectivity index (χ0v) is 15.8. The monoisotopic (exact) mass is 372 g/mol. The molecule has 0 bridgehead atoms. The molecule has 144 valence electrons. The minimum Gasteiger partial charge on any atom is -0.497 e. The molecule has 2 amide bonds. The molecule has 1 fully saturated rings. The molecule has 1 aromatic carbocycles. The van der Waals surface area contributed by atoms with Crippen molar-refractivity contribution in [2.45, 2.75) is 13.8 Å². The summed E-state index contributed by atoms with van der Waals surface area (Å²) in [5, 5.41) is 4.47. The summed E-state index contributed by atoms with van der Waals surface area (Å²) in [5.41, 5.74) is 2.13.